The zero-order chi connectivity index (χ0) is 7.40. The summed E-state index contributed by atoms with van der Waals surface area (Å²) >= 11 is 0. The van der Waals surface area contributed by atoms with E-state index in [1.54, 1.807) is 31.4 Å². The minimum atomic E-state index is 0. The Morgan fingerprint density at radius 2 is 1.82 bits per heavy atom. The minimum absolute atomic E-state index is 0. The molecule has 0 N–H and O–H groups in total. The fourth-order valence-electron chi connectivity index (χ4n) is 0.649. The molecule has 0 unspecified atom stereocenters. The maximum Gasteiger partial charge on any atom is 0.385 e. The highest BCUT2D eigenvalue weighted by Crippen LogP contribution is 2.16. The zero-order valence-corrected chi connectivity index (χ0v) is 5.99. The molecule has 0 spiro atoms. The van der Waals surface area contributed by atoms with Gasteiger partial charge in [-0.3, -0.25) is 0 Å². The second-order valence-electron chi connectivity index (χ2n) is 1.80. The molecule has 0 radical (unpaired) electrons. The molecule has 0 fully saturated rings. The van der Waals surface area contributed by atoms with Crippen LogP contribution in [0.2, 0.25) is 0 Å². The van der Waals surface area contributed by atoms with Crippen molar-refractivity contribution < 1.29 is 9.44 Å². The Morgan fingerprint density at radius 3 is 2.18 bits per heavy atom. The topological polar surface area (TPSA) is 37.4 Å². The molecule has 4 heteroatoms. The summed E-state index contributed by atoms with van der Waals surface area (Å²) in [6, 6.07) is 6.79. The van der Waals surface area contributed by atoms with Crippen molar-refractivity contribution in [2.75, 3.05) is 7.11 Å². The summed E-state index contributed by atoms with van der Waals surface area (Å²) in [5.74, 6) is 0.757. The molecule has 0 aliphatic carbocycles. The van der Waals surface area contributed by atoms with Gasteiger partial charge in [-0.2, -0.15) is 0 Å². The van der Waals surface area contributed by atoms with Gasteiger partial charge in [0.25, 0.3) is 0 Å². The summed E-state index contributed by atoms with van der Waals surface area (Å²) in [7, 11) is 1.59. The van der Waals surface area contributed by atoms with Crippen LogP contribution in [0.1, 0.15) is 0 Å². The summed E-state index contributed by atoms with van der Waals surface area (Å²) in [6.07, 6.45) is 0. The SMILES string of the molecule is COc1ccc([N+]#N)cc1.[F-]. The molecule has 0 heterocycles. The monoisotopic (exact) mass is 154 g/mol. The largest absolute Gasteiger partial charge is 1.00 e. The predicted octanol–water partition coefficient (Wildman–Crippen LogP) is -0.816. The molecular weight excluding hydrogens is 147 g/mol. The number of halogens is 1. The first-order valence-corrected chi connectivity index (χ1v) is 2.86. The predicted molar refractivity (Wildman–Crippen MR) is 37.7 cm³/mol. The van der Waals surface area contributed by atoms with Gasteiger partial charge in [0.1, 0.15) is 5.75 Å². The molecular formula is C7H7FN2O. The van der Waals surface area contributed by atoms with Crippen molar-refractivity contribution in [1.29, 1.82) is 5.39 Å². The summed E-state index contributed by atoms with van der Waals surface area (Å²) in [5.41, 5.74) is 0.529. The van der Waals surface area contributed by atoms with Crippen molar-refractivity contribution in [3.63, 3.8) is 0 Å². The molecule has 1 aromatic rings. The van der Waals surface area contributed by atoms with E-state index in [0.717, 1.165) is 5.75 Å². The number of diazo groups is 1. The lowest BCUT2D eigenvalue weighted by Gasteiger charge is -1.93. The molecule has 0 atom stereocenters. The summed E-state index contributed by atoms with van der Waals surface area (Å²) in [6.45, 7) is 0. The molecule has 0 saturated heterocycles. The Labute approximate surface area is 63.6 Å². The summed E-state index contributed by atoms with van der Waals surface area (Å²) in [5, 5.41) is 8.29. The van der Waals surface area contributed by atoms with Crippen LogP contribution in [0.15, 0.2) is 24.3 Å². The van der Waals surface area contributed by atoms with Crippen LogP contribution in [0.25, 0.3) is 4.98 Å². The van der Waals surface area contributed by atoms with Crippen molar-refractivity contribution in [2.45, 2.75) is 0 Å². The third-order valence-corrected chi connectivity index (χ3v) is 1.19. The van der Waals surface area contributed by atoms with E-state index < -0.39 is 0 Å². The number of methoxy groups -OCH3 is 1. The Kier molecular flexibility index (Phi) is 3.60. The Morgan fingerprint density at radius 1 is 1.27 bits per heavy atom. The van der Waals surface area contributed by atoms with Crippen molar-refractivity contribution >= 4 is 5.69 Å². The lowest BCUT2D eigenvalue weighted by atomic mass is 10.3. The normalized spacial score (nSPS) is 7.64. The molecule has 0 saturated carbocycles. The average molecular weight is 154 g/mol. The van der Waals surface area contributed by atoms with Gasteiger partial charge in [0.15, 0.2) is 4.98 Å². The first kappa shape index (κ1) is 9.37. The molecule has 1 aromatic carbocycles. The van der Waals surface area contributed by atoms with Crippen LogP contribution in [0.5, 0.6) is 5.75 Å². The van der Waals surface area contributed by atoms with E-state index in [0.29, 0.717) is 5.69 Å². The van der Waals surface area contributed by atoms with Gasteiger partial charge >= 0.3 is 5.69 Å². The van der Waals surface area contributed by atoms with E-state index >= 15 is 0 Å². The molecule has 3 nitrogen and oxygen atoms in total. The first-order valence-electron chi connectivity index (χ1n) is 2.86. The molecule has 11 heavy (non-hydrogen) atoms. The first-order chi connectivity index (χ1) is 4.86. The summed E-state index contributed by atoms with van der Waals surface area (Å²) in [4.78, 5) is 2.99. The fourth-order valence-corrected chi connectivity index (χ4v) is 0.649. The highest BCUT2D eigenvalue weighted by atomic mass is 19.0. The molecule has 0 amide bonds. The number of hydrogen-bond acceptors (Lipinski definition) is 2. The molecule has 0 aromatic heterocycles. The van der Waals surface area contributed by atoms with Crippen LogP contribution < -0.4 is 9.44 Å². The van der Waals surface area contributed by atoms with E-state index in [9.17, 15) is 0 Å². The second kappa shape index (κ2) is 4.23. The Hall–Kier alpha value is -1.63. The van der Waals surface area contributed by atoms with Gasteiger partial charge in [-0.15, -0.1) is 0 Å². The van der Waals surface area contributed by atoms with E-state index in [-0.39, 0.29) is 4.70 Å². The fraction of sp³-hybridized carbons (Fsp3) is 0.143. The van der Waals surface area contributed by atoms with Gasteiger partial charge < -0.3 is 9.44 Å². The number of hydrogen-bond donors (Lipinski definition) is 0. The standard InChI is InChI=1S/C7H7N2O.FH/c1-10-7-4-2-6(9-8)3-5-7;/h2-5H,1H3;1H/q+1;/p-1. The van der Waals surface area contributed by atoms with E-state index in [2.05, 4.69) is 4.98 Å². The number of rotatable bonds is 1. The molecule has 0 aliphatic rings. The van der Waals surface area contributed by atoms with Gasteiger partial charge in [0, 0.05) is 12.1 Å². The molecule has 1 rings (SSSR count). The van der Waals surface area contributed by atoms with Gasteiger partial charge in [-0.25, -0.2) is 0 Å². The lowest BCUT2D eigenvalue weighted by Crippen LogP contribution is -3.00. The highest BCUT2D eigenvalue weighted by Gasteiger charge is 2.01. The smallest absolute Gasteiger partial charge is 0.385 e. The quantitative estimate of drug-likeness (QED) is 0.496. The third kappa shape index (κ3) is 2.22. The van der Waals surface area contributed by atoms with Crippen LogP contribution in [0, 0.1) is 5.39 Å². The van der Waals surface area contributed by atoms with E-state index in [1.165, 1.54) is 0 Å². The van der Waals surface area contributed by atoms with Crippen LogP contribution >= 0.6 is 0 Å². The van der Waals surface area contributed by atoms with Crippen LogP contribution in [0.4, 0.5) is 5.69 Å². The van der Waals surface area contributed by atoms with Crippen LogP contribution in [0.3, 0.4) is 0 Å². The van der Waals surface area contributed by atoms with Gasteiger partial charge in [-0.1, -0.05) is 0 Å². The van der Waals surface area contributed by atoms with E-state index in [4.69, 9.17) is 10.1 Å². The van der Waals surface area contributed by atoms with Crippen LogP contribution in [-0.2, 0) is 0 Å². The lowest BCUT2D eigenvalue weighted by molar-refractivity contribution is -0.00000260. The Balaban J connectivity index is 0.000001000. The highest BCUT2D eigenvalue weighted by molar-refractivity contribution is 5.46. The number of ether oxygens (including phenoxy) is 1. The van der Waals surface area contributed by atoms with Crippen LogP contribution in [-0.4, -0.2) is 7.11 Å². The number of nitrogens with zero attached hydrogens (tertiary/aromatic N) is 2. The second-order valence-corrected chi connectivity index (χ2v) is 1.80. The molecule has 58 valence electrons. The molecule has 0 bridgehead atoms. The maximum atomic E-state index is 8.29. The summed E-state index contributed by atoms with van der Waals surface area (Å²) < 4.78 is 4.89. The maximum absolute atomic E-state index is 8.29. The van der Waals surface area contributed by atoms with Crippen molar-refractivity contribution in [2.24, 2.45) is 0 Å². The third-order valence-electron chi connectivity index (χ3n) is 1.19. The van der Waals surface area contributed by atoms with Gasteiger partial charge in [0.2, 0.25) is 5.39 Å². The molecule has 0 aliphatic heterocycles. The van der Waals surface area contributed by atoms with Gasteiger partial charge in [0.05, 0.1) is 7.11 Å². The van der Waals surface area contributed by atoms with E-state index in [1.807, 2.05) is 0 Å². The van der Waals surface area contributed by atoms with Crippen molar-refractivity contribution in [1.82, 2.24) is 0 Å². The van der Waals surface area contributed by atoms with Gasteiger partial charge in [-0.05, 0) is 12.1 Å². The zero-order valence-electron chi connectivity index (χ0n) is 5.99. The Bertz CT molecular complexity index is 252. The number of benzene rings is 1. The minimum Gasteiger partial charge on any atom is -1.00 e. The van der Waals surface area contributed by atoms with Crippen molar-refractivity contribution in [3.05, 3.63) is 29.2 Å². The average Bonchev–Trinajstić information content (AvgIpc) is 2.05. The van der Waals surface area contributed by atoms with Crippen molar-refractivity contribution in [3.8, 4) is 5.75 Å².